The first-order valence-electron chi connectivity index (χ1n) is 13.7. The van der Waals surface area contributed by atoms with Crippen LogP contribution in [0.3, 0.4) is 0 Å². The number of nitrogens with one attached hydrogen (secondary N) is 2. The maximum absolute atomic E-state index is 13.3. The zero-order chi connectivity index (χ0) is 28.3. The first-order chi connectivity index (χ1) is 19.2. The van der Waals surface area contributed by atoms with Gasteiger partial charge >= 0.3 is 6.03 Å². The van der Waals surface area contributed by atoms with E-state index in [4.69, 9.17) is 20.3 Å². The number of carbonyl (C=O) groups is 1. The van der Waals surface area contributed by atoms with E-state index in [1.54, 1.807) is 4.68 Å². The average Bonchev–Trinajstić information content (AvgIpc) is 3.34. The van der Waals surface area contributed by atoms with Gasteiger partial charge in [0.25, 0.3) is 0 Å². The molecule has 1 aliphatic rings. The summed E-state index contributed by atoms with van der Waals surface area (Å²) in [5.41, 5.74) is 9.99. The maximum atomic E-state index is 13.3. The van der Waals surface area contributed by atoms with Crippen LogP contribution >= 0.6 is 0 Å². The number of amides is 2. The molecule has 1 fully saturated rings. The highest BCUT2D eigenvalue weighted by Gasteiger charge is 2.22. The van der Waals surface area contributed by atoms with Gasteiger partial charge in [0.1, 0.15) is 18.2 Å². The number of aromatic nitrogens is 2. The first-order valence-corrected chi connectivity index (χ1v) is 13.7. The third-order valence-corrected chi connectivity index (χ3v) is 7.03. The van der Waals surface area contributed by atoms with Crippen LogP contribution in [0.15, 0.2) is 60.7 Å². The number of benzene rings is 3. The quantitative estimate of drug-likeness (QED) is 0.264. The molecule has 1 aromatic heterocycles. The van der Waals surface area contributed by atoms with E-state index in [0.29, 0.717) is 29.5 Å². The maximum Gasteiger partial charge on any atom is 0.324 e. The monoisotopic (exact) mass is 542 g/mol. The molecular weight excluding hydrogens is 504 g/mol. The van der Waals surface area contributed by atoms with Crippen molar-refractivity contribution in [2.75, 3.05) is 55.8 Å². The number of rotatable bonds is 7. The molecule has 4 N–H and O–H groups in total. The lowest BCUT2D eigenvalue weighted by Gasteiger charge is -2.26. The molecule has 1 saturated heterocycles. The van der Waals surface area contributed by atoms with E-state index in [9.17, 15) is 4.79 Å². The van der Waals surface area contributed by atoms with E-state index in [0.717, 1.165) is 60.6 Å². The molecule has 0 spiro atoms. The summed E-state index contributed by atoms with van der Waals surface area (Å²) in [5, 5.41) is 12.6. The van der Waals surface area contributed by atoms with Crippen LogP contribution < -0.4 is 21.1 Å². The fraction of sp³-hybridized carbons (Fsp3) is 0.355. The number of morpholine rings is 1. The third-order valence-electron chi connectivity index (χ3n) is 7.03. The molecule has 2 heterocycles. The fourth-order valence-electron chi connectivity index (χ4n) is 4.77. The minimum absolute atomic E-state index is 0.217. The van der Waals surface area contributed by atoms with Gasteiger partial charge in [-0.1, -0.05) is 51.1 Å². The van der Waals surface area contributed by atoms with Crippen molar-refractivity contribution in [3.8, 4) is 11.4 Å². The smallest absolute Gasteiger partial charge is 0.324 e. The number of aryl methyl sites for hydroxylation is 1. The standard InChI is InChI=1S/C31H38N6O3/c1-21-9-11-26(24(32)19-21)37-29(20-28(35-37)31(2,3)4)34-30(38)33-25-10-12-27(23-8-6-5-7-22(23)25)40-18-15-36-13-16-39-17-14-36/h5-12,19-20H,13-18,32H2,1-4H3,(H2,33,34,38). The van der Waals surface area contributed by atoms with E-state index < -0.39 is 0 Å². The second kappa shape index (κ2) is 11.6. The Morgan fingerprint density at radius 3 is 2.50 bits per heavy atom. The number of fused-ring (bicyclic) bond motifs is 1. The zero-order valence-electron chi connectivity index (χ0n) is 23.7. The number of ether oxygens (including phenoxy) is 2. The first kappa shape index (κ1) is 27.5. The number of nitrogens with two attached hydrogens (primary N) is 1. The molecule has 9 heteroatoms. The highest BCUT2D eigenvalue weighted by molar-refractivity contribution is 6.07. The largest absolute Gasteiger partial charge is 0.492 e. The predicted molar refractivity (Wildman–Crippen MR) is 161 cm³/mol. The van der Waals surface area contributed by atoms with Crippen molar-refractivity contribution in [3.63, 3.8) is 0 Å². The van der Waals surface area contributed by atoms with Crippen molar-refractivity contribution < 1.29 is 14.3 Å². The summed E-state index contributed by atoms with van der Waals surface area (Å²) in [6.07, 6.45) is 0. The topological polar surface area (TPSA) is 107 Å². The van der Waals surface area contributed by atoms with Gasteiger partial charge in [-0.05, 0) is 36.8 Å². The Morgan fingerprint density at radius 1 is 1.02 bits per heavy atom. The number of hydrogen-bond donors (Lipinski definition) is 3. The molecule has 0 saturated carbocycles. The molecule has 0 unspecified atom stereocenters. The van der Waals surface area contributed by atoms with Gasteiger partial charge < -0.3 is 20.5 Å². The molecule has 40 heavy (non-hydrogen) atoms. The van der Waals surface area contributed by atoms with Gasteiger partial charge in [0.15, 0.2) is 0 Å². The summed E-state index contributed by atoms with van der Waals surface area (Å²) in [7, 11) is 0. The van der Waals surface area contributed by atoms with Gasteiger partial charge in [-0.2, -0.15) is 5.10 Å². The van der Waals surface area contributed by atoms with Crippen molar-refractivity contribution in [1.82, 2.24) is 14.7 Å². The molecule has 4 aromatic rings. The summed E-state index contributed by atoms with van der Waals surface area (Å²) in [5.74, 6) is 1.32. The van der Waals surface area contributed by atoms with Crippen LogP contribution in [0.4, 0.5) is 22.0 Å². The lowest BCUT2D eigenvalue weighted by molar-refractivity contribution is 0.0323. The van der Waals surface area contributed by atoms with Crippen molar-refractivity contribution >= 4 is 34.0 Å². The van der Waals surface area contributed by atoms with Crippen LogP contribution in [-0.2, 0) is 10.2 Å². The number of anilines is 3. The van der Waals surface area contributed by atoms with Crippen LogP contribution in [-0.4, -0.2) is 60.2 Å². The van der Waals surface area contributed by atoms with Crippen LogP contribution in [0.25, 0.3) is 16.5 Å². The molecule has 0 bridgehead atoms. The van der Waals surface area contributed by atoms with Gasteiger partial charge in [-0.3, -0.25) is 10.2 Å². The Labute approximate surface area is 235 Å². The van der Waals surface area contributed by atoms with Gasteiger partial charge in [-0.25, -0.2) is 9.48 Å². The minimum atomic E-state index is -0.376. The van der Waals surface area contributed by atoms with Gasteiger partial charge in [0.05, 0.1) is 36.0 Å². The van der Waals surface area contributed by atoms with Gasteiger partial charge in [0.2, 0.25) is 0 Å². The molecule has 9 nitrogen and oxygen atoms in total. The van der Waals surface area contributed by atoms with Crippen molar-refractivity contribution in [1.29, 1.82) is 0 Å². The SMILES string of the molecule is Cc1ccc(-n2nc(C(C)(C)C)cc2NC(=O)Nc2ccc(OCCN3CCOCC3)c3ccccc23)c(N)c1. The number of nitrogen functional groups attached to an aromatic ring is 1. The zero-order valence-corrected chi connectivity index (χ0v) is 23.7. The minimum Gasteiger partial charge on any atom is -0.492 e. The Bertz CT molecular complexity index is 1500. The summed E-state index contributed by atoms with van der Waals surface area (Å²) in [4.78, 5) is 15.6. The average molecular weight is 543 g/mol. The van der Waals surface area contributed by atoms with Crippen LogP contribution in [0, 0.1) is 6.92 Å². The Balaban J connectivity index is 1.35. The van der Waals surface area contributed by atoms with E-state index in [1.165, 1.54) is 0 Å². The highest BCUT2D eigenvalue weighted by atomic mass is 16.5. The van der Waals surface area contributed by atoms with Crippen LogP contribution in [0.5, 0.6) is 5.75 Å². The molecule has 3 aromatic carbocycles. The Kier molecular flexibility index (Phi) is 7.95. The normalized spacial score (nSPS) is 14.3. The van der Waals surface area contributed by atoms with Crippen molar-refractivity contribution in [2.45, 2.75) is 33.1 Å². The van der Waals surface area contributed by atoms with E-state index in [2.05, 4.69) is 36.3 Å². The fourth-order valence-corrected chi connectivity index (χ4v) is 4.77. The van der Waals surface area contributed by atoms with Crippen molar-refractivity contribution in [2.24, 2.45) is 0 Å². The lowest BCUT2D eigenvalue weighted by Crippen LogP contribution is -2.38. The molecule has 0 aliphatic carbocycles. The number of urea groups is 1. The molecule has 2 amide bonds. The molecule has 5 rings (SSSR count). The second-order valence-electron chi connectivity index (χ2n) is 11.2. The second-order valence-corrected chi connectivity index (χ2v) is 11.2. The van der Waals surface area contributed by atoms with Crippen LogP contribution in [0.2, 0.25) is 0 Å². The third kappa shape index (κ3) is 6.21. The Morgan fingerprint density at radius 2 is 1.77 bits per heavy atom. The van der Waals surface area contributed by atoms with Crippen molar-refractivity contribution in [3.05, 3.63) is 71.9 Å². The lowest BCUT2D eigenvalue weighted by atomic mass is 9.92. The molecular formula is C31H38N6O3. The summed E-state index contributed by atoms with van der Waals surface area (Å²) < 4.78 is 13.3. The summed E-state index contributed by atoms with van der Waals surface area (Å²) >= 11 is 0. The Hall–Kier alpha value is -4.08. The number of nitrogens with zero attached hydrogens (tertiary/aromatic N) is 3. The number of carbonyl (C=O) groups excluding carboxylic acids is 1. The van der Waals surface area contributed by atoms with E-state index >= 15 is 0 Å². The number of hydrogen-bond acceptors (Lipinski definition) is 6. The summed E-state index contributed by atoms with van der Waals surface area (Å²) in [6.45, 7) is 13.0. The molecule has 1 aliphatic heterocycles. The van der Waals surface area contributed by atoms with Gasteiger partial charge in [-0.15, -0.1) is 0 Å². The van der Waals surface area contributed by atoms with Gasteiger partial charge in [0, 0.05) is 41.9 Å². The van der Waals surface area contributed by atoms with E-state index in [-0.39, 0.29) is 11.4 Å². The molecule has 0 radical (unpaired) electrons. The summed E-state index contributed by atoms with van der Waals surface area (Å²) in [6, 6.07) is 19.0. The van der Waals surface area contributed by atoms with E-state index in [1.807, 2.05) is 67.6 Å². The van der Waals surface area contributed by atoms with Crippen LogP contribution in [0.1, 0.15) is 32.0 Å². The predicted octanol–water partition coefficient (Wildman–Crippen LogP) is 5.57. The molecule has 210 valence electrons. The highest BCUT2D eigenvalue weighted by Crippen LogP contribution is 2.33. The molecule has 0 atom stereocenters.